The third kappa shape index (κ3) is 31.2. The van der Waals surface area contributed by atoms with Crippen LogP contribution in [0.2, 0.25) is 0 Å². The van der Waals surface area contributed by atoms with Crippen molar-refractivity contribution in [1.29, 1.82) is 0 Å². The van der Waals surface area contributed by atoms with Crippen LogP contribution in [0.15, 0.2) is 0 Å². The maximum absolute atomic E-state index is 11.4. The molecule has 0 heterocycles. The molecule has 1 unspecified atom stereocenters. The van der Waals surface area contributed by atoms with Crippen LogP contribution in [0.5, 0.6) is 0 Å². The molecule has 0 aliphatic rings. The van der Waals surface area contributed by atoms with E-state index in [1.54, 1.807) is 13.8 Å². The third-order valence-corrected chi connectivity index (χ3v) is 3.79. The molecule has 0 spiro atoms. The number of aliphatic hydroxyl groups is 6. The van der Waals surface area contributed by atoms with Gasteiger partial charge in [-0.1, -0.05) is 13.8 Å². The first-order chi connectivity index (χ1) is 14.4. The minimum absolute atomic E-state index is 0.139. The zero-order valence-corrected chi connectivity index (χ0v) is 19.2. The first-order valence-electron chi connectivity index (χ1n) is 8.26. The Labute approximate surface area is 186 Å². The summed E-state index contributed by atoms with van der Waals surface area (Å²) in [6, 6.07) is 0. The van der Waals surface area contributed by atoms with Crippen LogP contribution in [0.25, 0.3) is 0 Å². The molecule has 208 valence electrons. The molecule has 0 aliphatic carbocycles. The van der Waals surface area contributed by atoms with Gasteiger partial charge in [0.25, 0.3) is 0 Å². The molecule has 0 bridgehead atoms. The Morgan fingerprint density at radius 3 is 0.848 bits per heavy atom. The van der Waals surface area contributed by atoms with Crippen molar-refractivity contribution in [2.24, 2.45) is 0 Å². The lowest BCUT2D eigenvalue weighted by molar-refractivity contribution is -0.0420. The van der Waals surface area contributed by atoms with E-state index in [-0.39, 0.29) is 6.61 Å². The summed E-state index contributed by atoms with van der Waals surface area (Å²) in [6.45, 7) is -0.0347. The van der Waals surface area contributed by atoms with Crippen LogP contribution in [-0.2, 0) is 20.2 Å². The van der Waals surface area contributed by atoms with E-state index >= 15 is 0 Å². The summed E-state index contributed by atoms with van der Waals surface area (Å²) < 4.78 is 121. The van der Waals surface area contributed by atoms with Gasteiger partial charge in [-0.25, -0.2) is 8.78 Å². The molecular formula is C13H30F6O12S2. The van der Waals surface area contributed by atoms with Crippen LogP contribution in [0.3, 0.4) is 0 Å². The van der Waals surface area contributed by atoms with Crippen molar-refractivity contribution in [2.45, 2.75) is 62.8 Å². The van der Waals surface area contributed by atoms with Crippen LogP contribution >= 0.6 is 0 Å². The second-order valence-electron chi connectivity index (χ2n) is 5.30. The van der Waals surface area contributed by atoms with Gasteiger partial charge in [-0.15, -0.1) is 0 Å². The zero-order valence-electron chi connectivity index (χ0n) is 17.6. The Hall–Kier alpha value is -0.840. The first-order valence-corrected chi connectivity index (χ1v) is 11.1. The predicted molar refractivity (Wildman–Crippen MR) is 101 cm³/mol. The lowest BCUT2D eigenvalue weighted by Crippen LogP contribution is -2.30. The second-order valence-corrected chi connectivity index (χ2v) is 8.40. The number of halogens is 6. The fourth-order valence-corrected chi connectivity index (χ4v) is 0.414. The van der Waals surface area contributed by atoms with Gasteiger partial charge in [-0.3, -0.25) is 9.11 Å². The van der Waals surface area contributed by atoms with Gasteiger partial charge >= 0.3 is 30.7 Å². The predicted octanol–water partition coefficient (Wildman–Crippen LogP) is -0.353. The van der Waals surface area contributed by atoms with Crippen LogP contribution in [0, 0.1) is 0 Å². The molecule has 0 rings (SSSR count). The van der Waals surface area contributed by atoms with E-state index in [9.17, 15) is 43.2 Å². The van der Waals surface area contributed by atoms with Gasteiger partial charge < -0.3 is 30.6 Å². The monoisotopic (exact) mass is 556 g/mol. The van der Waals surface area contributed by atoms with Crippen molar-refractivity contribution < 1.29 is 82.9 Å². The summed E-state index contributed by atoms with van der Waals surface area (Å²) in [6.07, 6.45) is -1.96. The van der Waals surface area contributed by atoms with Crippen LogP contribution in [0.4, 0.5) is 26.3 Å². The Kier molecular flexibility index (Phi) is 26.3. The number of aliphatic hydroxyl groups excluding tert-OH is 4. The fraction of sp³-hybridized carbons (Fsp3) is 1.00. The van der Waals surface area contributed by atoms with Crippen molar-refractivity contribution in [3.05, 3.63) is 0 Å². The smallest absolute Gasteiger partial charge is 0.394 e. The largest absolute Gasteiger partial charge is 0.397 e. The van der Waals surface area contributed by atoms with E-state index in [0.717, 1.165) is 0 Å². The van der Waals surface area contributed by atoms with Gasteiger partial charge in [0, 0.05) is 0 Å². The molecule has 0 aromatic rings. The molecule has 12 nitrogen and oxygen atoms in total. The minimum Gasteiger partial charge on any atom is -0.394 e. The van der Waals surface area contributed by atoms with E-state index in [1.165, 1.54) is 6.92 Å². The number of hydrogen-bond donors (Lipinski definition) is 8. The van der Waals surface area contributed by atoms with Crippen molar-refractivity contribution in [3.63, 3.8) is 0 Å². The molecule has 0 radical (unpaired) electrons. The average Bonchev–Trinajstić information content (AvgIpc) is 2.67. The lowest BCUT2D eigenvalue weighted by atomic mass is 10.5. The van der Waals surface area contributed by atoms with Gasteiger partial charge in [0.05, 0.1) is 12.7 Å². The van der Waals surface area contributed by atoms with Crippen LogP contribution in [-0.4, -0.2) is 106 Å². The maximum atomic E-state index is 11.4. The number of alkyl halides is 6. The van der Waals surface area contributed by atoms with Crippen molar-refractivity contribution in [3.8, 4) is 0 Å². The molecule has 0 aliphatic heterocycles. The SMILES string of the molecule is CC(O)CO.CCC(O)O.CCC(O)O.O=S(=O)(O)C(F)(F)CF.O=S(=O)(O)C(F)(F)CF. The molecule has 33 heavy (non-hydrogen) atoms. The highest BCUT2D eigenvalue weighted by Gasteiger charge is 2.44. The standard InChI is InChI=1S/3C3H8O2.2C2H3F3O3S/c1-3(5)2-4;2*1-2-3(4)5;2*3-1-2(4,5)9(6,7)8/h3*3-5H,2H2,1H3;2*1H2,(H,6,7,8). The second kappa shape index (κ2) is 20.5. The maximum Gasteiger partial charge on any atom is 0.397 e. The van der Waals surface area contributed by atoms with E-state index in [4.69, 9.17) is 39.7 Å². The van der Waals surface area contributed by atoms with Gasteiger partial charge in [0.2, 0.25) is 0 Å². The van der Waals surface area contributed by atoms with Gasteiger partial charge in [0.15, 0.2) is 25.9 Å². The molecule has 1 atom stereocenters. The minimum atomic E-state index is -5.56. The molecule has 0 amide bonds. The van der Waals surface area contributed by atoms with E-state index in [1.807, 2.05) is 0 Å². The molecule has 8 N–H and O–H groups in total. The van der Waals surface area contributed by atoms with Crippen molar-refractivity contribution in [2.75, 3.05) is 20.0 Å². The summed E-state index contributed by atoms with van der Waals surface area (Å²) in [7, 11) is -11.1. The summed E-state index contributed by atoms with van der Waals surface area (Å²) in [5.41, 5.74) is 0. The van der Waals surface area contributed by atoms with Crippen LogP contribution in [0.1, 0.15) is 33.6 Å². The molecule has 0 fully saturated rings. The molecule has 0 saturated carbocycles. The van der Waals surface area contributed by atoms with E-state index < -0.39 is 62.8 Å². The topological polar surface area (TPSA) is 230 Å². The Balaban J connectivity index is -0.000000102. The van der Waals surface area contributed by atoms with Crippen LogP contribution < -0.4 is 0 Å². The third-order valence-electron chi connectivity index (χ3n) is 2.06. The highest BCUT2D eigenvalue weighted by molar-refractivity contribution is 7.87. The van der Waals surface area contributed by atoms with Gasteiger partial charge in [-0.05, 0) is 19.8 Å². The first kappa shape index (κ1) is 42.3. The normalized spacial score (nSPS) is 12.7. The summed E-state index contributed by atoms with van der Waals surface area (Å²) in [5.74, 6) is 0. The Morgan fingerprint density at radius 1 is 0.697 bits per heavy atom. The highest BCUT2D eigenvalue weighted by atomic mass is 32.2. The molecule has 20 heteroatoms. The highest BCUT2D eigenvalue weighted by Crippen LogP contribution is 2.20. The zero-order chi connectivity index (χ0) is 28.3. The van der Waals surface area contributed by atoms with E-state index in [0.29, 0.717) is 12.8 Å². The quantitative estimate of drug-likeness (QED) is 0.114. The molecule has 0 aromatic heterocycles. The number of hydrogen-bond acceptors (Lipinski definition) is 10. The fourth-order valence-electron chi connectivity index (χ4n) is 0.138. The lowest BCUT2D eigenvalue weighted by Gasteiger charge is -2.05. The Morgan fingerprint density at radius 2 is 0.848 bits per heavy atom. The summed E-state index contributed by atoms with van der Waals surface area (Å²) in [5, 5.41) is 38.4. The summed E-state index contributed by atoms with van der Waals surface area (Å²) >= 11 is 0. The Bertz CT molecular complexity index is 579. The average molecular weight is 556 g/mol. The van der Waals surface area contributed by atoms with Crippen molar-refractivity contribution >= 4 is 20.2 Å². The van der Waals surface area contributed by atoms with Crippen molar-refractivity contribution in [1.82, 2.24) is 0 Å². The van der Waals surface area contributed by atoms with Gasteiger partial charge in [-0.2, -0.15) is 34.4 Å². The summed E-state index contributed by atoms with van der Waals surface area (Å²) in [4.78, 5) is 0. The van der Waals surface area contributed by atoms with E-state index in [2.05, 4.69) is 0 Å². The number of rotatable bonds is 7. The van der Waals surface area contributed by atoms with Gasteiger partial charge in [0.1, 0.15) is 0 Å². The molecule has 0 aromatic carbocycles. The molecule has 0 saturated heterocycles. The molecular weight excluding hydrogens is 526 g/mol.